The van der Waals surface area contributed by atoms with Crippen LogP contribution in [0.2, 0.25) is 0 Å². The Labute approximate surface area is 184 Å². The molecule has 2 atom stereocenters. The average molecular weight is 440 g/mol. The number of carbonyl (C=O) groups excluding carboxylic acids is 2. The van der Waals surface area contributed by atoms with Crippen LogP contribution < -0.4 is 10.9 Å². The van der Waals surface area contributed by atoms with Gasteiger partial charge in [0.1, 0.15) is 5.82 Å². The summed E-state index contributed by atoms with van der Waals surface area (Å²) in [5, 5.41) is 4.16. The number of aromatic nitrogens is 2. The molecule has 1 aromatic carbocycles. The SMILES string of the molecule is CC[C@H](C)Sc1nc2c(c(=O)[nH]1)[C@@H](c1ccc(C(=O)OC)cc1)C1=C(CCCC1=O)N2. The zero-order chi connectivity index (χ0) is 22.1. The number of carbonyl (C=O) groups is 2. The van der Waals surface area contributed by atoms with Crippen LogP contribution in [-0.2, 0) is 9.53 Å². The van der Waals surface area contributed by atoms with E-state index < -0.39 is 11.9 Å². The van der Waals surface area contributed by atoms with Gasteiger partial charge in [0, 0.05) is 28.9 Å². The molecule has 0 saturated heterocycles. The number of Topliss-reactive ketones (excluding diaryl/α,β-unsaturated/α-hetero) is 1. The summed E-state index contributed by atoms with van der Waals surface area (Å²) >= 11 is 1.52. The number of methoxy groups -OCH3 is 1. The minimum atomic E-state index is -0.523. The predicted molar refractivity (Wildman–Crippen MR) is 120 cm³/mol. The van der Waals surface area contributed by atoms with Crippen molar-refractivity contribution in [3.63, 3.8) is 0 Å². The van der Waals surface area contributed by atoms with Gasteiger partial charge in [0.15, 0.2) is 10.9 Å². The Morgan fingerprint density at radius 2 is 2.00 bits per heavy atom. The Bertz CT molecular complexity index is 1120. The number of allylic oxidation sites excluding steroid dienone is 2. The van der Waals surface area contributed by atoms with Gasteiger partial charge in [-0.25, -0.2) is 9.78 Å². The molecule has 0 fully saturated rings. The van der Waals surface area contributed by atoms with E-state index in [4.69, 9.17) is 4.74 Å². The Morgan fingerprint density at radius 3 is 2.68 bits per heavy atom. The van der Waals surface area contributed by atoms with Crippen LogP contribution in [0.5, 0.6) is 0 Å². The first-order chi connectivity index (χ1) is 14.9. The number of ether oxygens (including phenoxy) is 1. The highest BCUT2D eigenvalue weighted by atomic mass is 32.2. The lowest BCUT2D eigenvalue weighted by Gasteiger charge is -2.32. The molecule has 2 aliphatic rings. The number of esters is 1. The number of H-pyrrole nitrogens is 1. The standard InChI is InChI=1S/C23H25N3O4S/c1-4-12(2)31-23-25-20-19(21(28)26-23)17(18-15(24-20)6-5-7-16(18)27)13-8-10-14(11-9-13)22(29)30-3/h8-12,17H,4-7H2,1-3H3,(H2,24,25,26,28)/t12-,17-/m0/s1. The summed E-state index contributed by atoms with van der Waals surface area (Å²) in [6.45, 7) is 4.18. The van der Waals surface area contributed by atoms with E-state index in [1.165, 1.54) is 18.9 Å². The molecular formula is C23H25N3O4S. The summed E-state index contributed by atoms with van der Waals surface area (Å²) in [4.78, 5) is 45.5. The van der Waals surface area contributed by atoms with Crippen LogP contribution in [0.3, 0.4) is 0 Å². The highest BCUT2D eigenvalue weighted by molar-refractivity contribution is 7.99. The van der Waals surface area contributed by atoms with Crippen LogP contribution in [0, 0.1) is 0 Å². The molecule has 1 aliphatic carbocycles. The smallest absolute Gasteiger partial charge is 0.337 e. The van der Waals surface area contributed by atoms with Gasteiger partial charge in [0.25, 0.3) is 5.56 Å². The van der Waals surface area contributed by atoms with Gasteiger partial charge >= 0.3 is 5.97 Å². The molecule has 1 aliphatic heterocycles. The quantitative estimate of drug-likeness (QED) is 0.412. The lowest BCUT2D eigenvalue weighted by molar-refractivity contribution is -0.116. The molecule has 8 heteroatoms. The maximum atomic E-state index is 13.2. The molecular weight excluding hydrogens is 414 g/mol. The van der Waals surface area contributed by atoms with Crippen LogP contribution in [0.15, 0.2) is 45.5 Å². The van der Waals surface area contributed by atoms with Crippen LogP contribution >= 0.6 is 11.8 Å². The first-order valence-electron chi connectivity index (χ1n) is 10.4. The largest absolute Gasteiger partial charge is 0.465 e. The van der Waals surface area contributed by atoms with E-state index in [0.717, 1.165) is 30.5 Å². The fourth-order valence-electron chi connectivity index (χ4n) is 4.03. The van der Waals surface area contributed by atoms with E-state index in [9.17, 15) is 14.4 Å². The molecule has 0 unspecified atom stereocenters. The number of nitrogens with one attached hydrogen (secondary N) is 2. The van der Waals surface area contributed by atoms with Crippen molar-refractivity contribution in [2.75, 3.05) is 12.4 Å². The van der Waals surface area contributed by atoms with Crippen LogP contribution in [0.1, 0.15) is 66.9 Å². The minimum Gasteiger partial charge on any atom is -0.465 e. The van der Waals surface area contributed by atoms with E-state index in [1.54, 1.807) is 24.3 Å². The Morgan fingerprint density at radius 1 is 1.26 bits per heavy atom. The minimum absolute atomic E-state index is 0.0406. The third-order valence-electron chi connectivity index (χ3n) is 5.79. The van der Waals surface area contributed by atoms with Gasteiger partial charge in [0.05, 0.1) is 18.2 Å². The second-order valence-electron chi connectivity index (χ2n) is 7.81. The number of fused-ring (bicyclic) bond motifs is 1. The predicted octanol–water partition coefficient (Wildman–Crippen LogP) is 4.01. The van der Waals surface area contributed by atoms with Crippen molar-refractivity contribution in [1.82, 2.24) is 9.97 Å². The monoisotopic (exact) mass is 439 g/mol. The Balaban J connectivity index is 1.84. The van der Waals surface area contributed by atoms with Crippen molar-refractivity contribution in [2.45, 2.75) is 55.9 Å². The fraction of sp³-hybridized carbons (Fsp3) is 0.391. The van der Waals surface area contributed by atoms with Gasteiger partial charge < -0.3 is 15.0 Å². The molecule has 1 aromatic heterocycles. The summed E-state index contributed by atoms with van der Waals surface area (Å²) in [7, 11) is 1.33. The number of aromatic amines is 1. The summed E-state index contributed by atoms with van der Waals surface area (Å²) < 4.78 is 4.77. The Kier molecular flexibility index (Phi) is 6.00. The molecule has 0 amide bonds. The van der Waals surface area contributed by atoms with Crippen molar-refractivity contribution >= 4 is 29.3 Å². The molecule has 0 bridgehead atoms. The van der Waals surface area contributed by atoms with Crippen molar-refractivity contribution in [3.05, 3.63) is 62.6 Å². The number of thioether (sulfide) groups is 1. The van der Waals surface area contributed by atoms with Gasteiger partial charge in [-0.05, 0) is 37.0 Å². The van der Waals surface area contributed by atoms with E-state index in [0.29, 0.717) is 39.3 Å². The van der Waals surface area contributed by atoms with Crippen molar-refractivity contribution < 1.29 is 14.3 Å². The normalized spacial score (nSPS) is 18.7. The number of hydrogen-bond donors (Lipinski definition) is 2. The summed E-state index contributed by atoms with van der Waals surface area (Å²) in [6.07, 6.45) is 2.92. The van der Waals surface area contributed by atoms with Gasteiger partial charge in [-0.3, -0.25) is 9.59 Å². The summed E-state index contributed by atoms with van der Waals surface area (Å²) in [5.41, 5.74) is 2.83. The van der Waals surface area contributed by atoms with E-state index in [1.807, 2.05) is 0 Å². The first-order valence-corrected chi connectivity index (χ1v) is 11.3. The first kappa shape index (κ1) is 21.4. The third kappa shape index (κ3) is 4.04. The molecule has 0 spiro atoms. The molecule has 4 rings (SSSR count). The molecule has 31 heavy (non-hydrogen) atoms. The van der Waals surface area contributed by atoms with Crippen molar-refractivity contribution in [2.24, 2.45) is 0 Å². The van der Waals surface area contributed by atoms with Gasteiger partial charge in [-0.2, -0.15) is 0 Å². The molecule has 162 valence electrons. The van der Waals surface area contributed by atoms with E-state index >= 15 is 0 Å². The number of ketones is 1. The molecule has 7 nitrogen and oxygen atoms in total. The number of nitrogens with zero attached hydrogens (tertiary/aromatic N) is 1. The van der Waals surface area contributed by atoms with Crippen LogP contribution in [-0.4, -0.2) is 34.1 Å². The highest BCUT2D eigenvalue weighted by Crippen LogP contribution is 2.43. The second-order valence-corrected chi connectivity index (χ2v) is 9.24. The average Bonchev–Trinajstić information content (AvgIpc) is 2.77. The van der Waals surface area contributed by atoms with Crippen LogP contribution in [0.4, 0.5) is 5.82 Å². The molecule has 2 heterocycles. The number of anilines is 1. The van der Waals surface area contributed by atoms with E-state index in [-0.39, 0.29) is 11.3 Å². The van der Waals surface area contributed by atoms with Gasteiger partial charge in [-0.1, -0.05) is 37.7 Å². The number of benzene rings is 1. The van der Waals surface area contributed by atoms with Crippen LogP contribution in [0.25, 0.3) is 0 Å². The topological polar surface area (TPSA) is 101 Å². The maximum absolute atomic E-state index is 13.2. The summed E-state index contributed by atoms with van der Waals surface area (Å²) in [5.74, 6) is -0.411. The zero-order valence-corrected chi connectivity index (χ0v) is 18.6. The third-order valence-corrected chi connectivity index (χ3v) is 6.94. The molecule has 2 aromatic rings. The fourth-order valence-corrected chi connectivity index (χ4v) is 4.88. The van der Waals surface area contributed by atoms with Crippen molar-refractivity contribution in [1.29, 1.82) is 0 Å². The maximum Gasteiger partial charge on any atom is 0.337 e. The highest BCUT2D eigenvalue weighted by Gasteiger charge is 2.38. The van der Waals surface area contributed by atoms with Crippen molar-refractivity contribution in [3.8, 4) is 0 Å². The zero-order valence-electron chi connectivity index (χ0n) is 17.8. The lowest BCUT2D eigenvalue weighted by Crippen LogP contribution is -2.32. The second kappa shape index (κ2) is 8.70. The van der Waals surface area contributed by atoms with Gasteiger partial charge in [0.2, 0.25) is 0 Å². The molecule has 0 radical (unpaired) electrons. The number of rotatable bonds is 5. The molecule has 0 saturated carbocycles. The molecule has 2 N–H and O–H groups in total. The van der Waals surface area contributed by atoms with E-state index in [2.05, 4.69) is 29.1 Å². The lowest BCUT2D eigenvalue weighted by atomic mass is 9.76. The van der Waals surface area contributed by atoms with Gasteiger partial charge in [-0.15, -0.1) is 0 Å². The number of hydrogen-bond acceptors (Lipinski definition) is 7. The Hall–Kier alpha value is -2.87. The summed E-state index contributed by atoms with van der Waals surface area (Å²) in [6, 6.07) is 6.87.